The van der Waals surface area contributed by atoms with E-state index in [0.29, 0.717) is 17.6 Å². The van der Waals surface area contributed by atoms with Crippen molar-refractivity contribution in [2.75, 3.05) is 6.61 Å². The normalized spacial score (nSPS) is 21.1. The first-order valence-electron chi connectivity index (χ1n) is 9.33. The summed E-state index contributed by atoms with van der Waals surface area (Å²) in [6.45, 7) is 0.0754. The molecule has 0 saturated carbocycles. The molecule has 0 spiro atoms. The molecule has 7 nitrogen and oxygen atoms in total. The maximum Gasteiger partial charge on any atom is 0.340 e. The second-order valence-electron chi connectivity index (χ2n) is 7.12. The predicted octanol–water partition coefficient (Wildman–Crippen LogP) is 2.85. The zero-order chi connectivity index (χ0) is 20.5. The second kappa shape index (κ2) is 7.60. The van der Waals surface area contributed by atoms with Crippen LogP contribution in [0.3, 0.4) is 0 Å². The van der Waals surface area contributed by atoms with Crippen LogP contribution in [-0.4, -0.2) is 46.1 Å². The van der Waals surface area contributed by atoms with Crippen LogP contribution in [0, 0.1) is 0 Å². The highest BCUT2D eigenvalue weighted by atomic mass is 16.6. The monoisotopic (exact) mass is 396 g/mol. The Kier molecular flexibility index (Phi) is 4.98. The summed E-state index contributed by atoms with van der Waals surface area (Å²) in [7, 11) is 0. The molecule has 0 bridgehead atoms. The molecule has 0 fully saturated rings. The summed E-state index contributed by atoms with van der Waals surface area (Å²) in [6.07, 6.45) is 1.22. The third-order valence-corrected chi connectivity index (χ3v) is 5.17. The molecule has 0 unspecified atom stereocenters. The lowest BCUT2D eigenvalue weighted by Crippen LogP contribution is -2.30. The van der Waals surface area contributed by atoms with E-state index in [1.807, 2.05) is 24.3 Å². The minimum absolute atomic E-state index is 0.0386. The molecule has 2 atom stereocenters. The van der Waals surface area contributed by atoms with Crippen molar-refractivity contribution in [3.63, 3.8) is 0 Å². The van der Waals surface area contributed by atoms with Gasteiger partial charge in [-0.2, -0.15) is 0 Å². The second-order valence-corrected chi connectivity index (χ2v) is 7.12. The van der Waals surface area contributed by atoms with Crippen molar-refractivity contribution in [3.8, 4) is 11.5 Å². The molecule has 29 heavy (non-hydrogen) atoms. The molecule has 0 aromatic heterocycles. The van der Waals surface area contributed by atoms with Crippen molar-refractivity contribution in [2.45, 2.75) is 31.5 Å². The Morgan fingerprint density at radius 3 is 2.69 bits per heavy atom. The predicted molar refractivity (Wildman–Crippen MR) is 104 cm³/mol. The highest BCUT2D eigenvalue weighted by molar-refractivity contribution is 6.00. The molecule has 4 rings (SSSR count). The highest BCUT2D eigenvalue weighted by Crippen LogP contribution is 2.40. The smallest absolute Gasteiger partial charge is 0.340 e. The zero-order valence-electron chi connectivity index (χ0n) is 15.5. The van der Waals surface area contributed by atoms with Gasteiger partial charge >= 0.3 is 11.9 Å². The fourth-order valence-corrected chi connectivity index (χ4v) is 3.79. The van der Waals surface area contributed by atoms with Crippen LogP contribution >= 0.6 is 0 Å². The summed E-state index contributed by atoms with van der Waals surface area (Å²) in [6, 6.07) is 10.9. The average Bonchev–Trinajstić information content (AvgIpc) is 3.01. The first-order chi connectivity index (χ1) is 13.9. The third-order valence-electron chi connectivity index (χ3n) is 5.17. The van der Waals surface area contributed by atoms with E-state index in [1.165, 1.54) is 0 Å². The number of aliphatic carboxylic acids is 1. The van der Waals surface area contributed by atoms with Crippen molar-refractivity contribution in [2.24, 2.45) is 0 Å². The lowest BCUT2D eigenvalue weighted by atomic mass is 9.98. The number of hydrogen-bond acceptors (Lipinski definition) is 5. The molecule has 1 aliphatic carbocycles. The van der Waals surface area contributed by atoms with E-state index < -0.39 is 24.1 Å². The number of carbonyl (C=O) groups is 2. The number of hydrogen-bond donors (Lipinski definition) is 3. The number of carboxylic acids is 2. The summed E-state index contributed by atoms with van der Waals surface area (Å²) < 4.78 is 11.4. The van der Waals surface area contributed by atoms with Crippen molar-refractivity contribution >= 4 is 23.6 Å². The van der Waals surface area contributed by atoms with Crippen LogP contribution in [0.25, 0.3) is 11.6 Å². The minimum Gasteiger partial charge on any atom is -0.485 e. The quantitative estimate of drug-likeness (QED) is 0.712. The van der Waals surface area contributed by atoms with Crippen LogP contribution < -0.4 is 9.47 Å². The molecule has 7 heteroatoms. The Morgan fingerprint density at radius 1 is 1.14 bits per heavy atom. The number of aromatic carboxylic acids is 1. The van der Waals surface area contributed by atoms with Gasteiger partial charge in [-0.05, 0) is 40.8 Å². The maximum atomic E-state index is 12.0. The molecular formula is C22H20O7. The van der Waals surface area contributed by atoms with Crippen LogP contribution in [0.2, 0.25) is 0 Å². The van der Waals surface area contributed by atoms with E-state index >= 15 is 0 Å². The molecule has 0 amide bonds. The topological polar surface area (TPSA) is 113 Å². The van der Waals surface area contributed by atoms with Gasteiger partial charge in [-0.3, -0.25) is 4.79 Å². The van der Waals surface area contributed by atoms with Crippen LogP contribution in [0.1, 0.15) is 39.9 Å². The standard InChI is InChI=1S/C22H20O7/c23-17-10-12-3-1-2-4-15(12)16(17)9-13-5-7-18-21(20(13)22(26)27)28-11-14(29-18)6-8-19(24)25/h1-5,7,9,14,17,23H,6,8,10-11H2,(H,24,25)(H,26,27)/b16-9+/t14-,17+/m1/s1. The Balaban J connectivity index is 1.70. The Bertz CT molecular complexity index is 1010. The fourth-order valence-electron chi connectivity index (χ4n) is 3.79. The largest absolute Gasteiger partial charge is 0.485 e. The van der Waals surface area contributed by atoms with Crippen molar-refractivity contribution < 1.29 is 34.4 Å². The van der Waals surface area contributed by atoms with Crippen molar-refractivity contribution in [1.29, 1.82) is 0 Å². The molecule has 0 saturated heterocycles. The van der Waals surface area contributed by atoms with E-state index in [-0.39, 0.29) is 36.5 Å². The van der Waals surface area contributed by atoms with Gasteiger partial charge in [0.2, 0.25) is 0 Å². The van der Waals surface area contributed by atoms with Crippen molar-refractivity contribution in [3.05, 3.63) is 58.7 Å². The molecule has 1 aliphatic heterocycles. The van der Waals surface area contributed by atoms with Gasteiger partial charge in [0.25, 0.3) is 0 Å². The number of fused-ring (bicyclic) bond motifs is 2. The van der Waals surface area contributed by atoms with Crippen LogP contribution in [0.4, 0.5) is 0 Å². The summed E-state index contributed by atoms with van der Waals surface area (Å²) in [5, 5.41) is 29.1. The lowest BCUT2D eigenvalue weighted by Gasteiger charge is -2.27. The van der Waals surface area contributed by atoms with Gasteiger partial charge in [-0.1, -0.05) is 30.3 Å². The van der Waals surface area contributed by atoms with Gasteiger partial charge < -0.3 is 24.8 Å². The average molecular weight is 396 g/mol. The summed E-state index contributed by atoms with van der Waals surface area (Å²) in [4.78, 5) is 22.7. The number of rotatable bonds is 5. The highest BCUT2D eigenvalue weighted by Gasteiger charge is 2.30. The maximum absolute atomic E-state index is 12.0. The minimum atomic E-state index is -1.16. The Morgan fingerprint density at radius 2 is 1.93 bits per heavy atom. The first kappa shape index (κ1) is 19.0. The van der Waals surface area contributed by atoms with Crippen LogP contribution in [-0.2, 0) is 11.2 Å². The lowest BCUT2D eigenvalue weighted by molar-refractivity contribution is -0.137. The van der Waals surface area contributed by atoms with E-state index in [4.69, 9.17) is 14.6 Å². The Labute approximate surface area is 166 Å². The van der Waals surface area contributed by atoms with E-state index in [9.17, 15) is 19.8 Å². The Hall–Kier alpha value is -3.32. The van der Waals surface area contributed by atoms with Gasteiger partial charge in [0.05, 0.1) is 6.10 Å². The number of aliphatic hydroxyl groups is 1. The van der Waals surface area contributed by atoms with Crippen molar-refractivity contribution in [1.82, 2.24) is 0 Å². The van der Waals surface area contributed by atoms with Crippen LogP contribution in [0.5, 0.6) is 11.5 Å². The molecule has 0 radical (unpaired) electrons. The molecule has 2 aliphatic rings. The molecule has 2 aromatic carbocycles. The van der Waals surface area contributed by atoms with E-state index in [1.54, 1.807) is 18.2 Å². The molecule has 3 N–H and O–H groups in total. The van der Waals surface area contributed by atoms with Gasteiger partial charge in [0, 0.05) is 12.8 Å². The SMILES string of the molecule is O=C(O)CC[C@@H]1COc2c(ccc(/C=C3\c4ccccc4C[C@@H]3O)c2C(=O)O)O1. The molecular weight excluding hydrogens is 376 g/mol. The summed E-state index contributed by atoms with van der Waals surface area (Å²) >= 11 is 0. The van der Waals surface area contributed by atoms with Gasteiger partial charge in [0.1, 0.15) is 18.3 Å². The molecule has 1 heterocycles. The van der Waals surface area contributed by atoms with Gasteiger partial charge in [-0.25, -0.2) is 4.79 Å². The molecule has 150 valence electrons. The number of carboxylic acid groups (broad SMARTS) is 2. The number of aliphatic hydroxyl groups excluding tert-OH is 1. The van der Waals surface area contributed by atoms with Crippen LogP contribution in [0.15, 0.2) is 36.4 Å². The summed E-state index contributed by atoms with van der Waals surface area (Å²) in [5.41, 5.74) is 2.96. The number of benzene rings is 2. The number of ether oxygens (including phenoxy) is 2. The summed E-state index contributed by atoms with van der Waals surface area (Å²) in [5.74, 6) is -1.69. The zero-order valence-corrected chi connectivity index (χ0v) is 15.5. The molecule has 2 aromatic rings. The third kappa shape index (κ3) is 3.69. The van der Waals surface area contributed by atoms with E-state index in [2.05, 4.69) is 0 Å². The van der Waals surface area contributed by atoms with E-state index in [0.717, 1.165) is 11.1 Å². The van der Waals surface area contributed by atoms with Gasteiger partial charge in [0.15, 0.2) is 11.5 Å². The first-order valence-corrected chi connectivity index (χ1v) is 9.33. The van der Waals surface area contributed by atoms with Gasteiger partial charge in [-0.15, -0.1) is 0 Å². The fraction of sp³-hybridized carbons (Fsp3) is 0.273.